The quantitative estimate of drug-likeness (QED) is 0.569. The largest absolute Gasteiger partial charge is 0.508 e. The summed E-state index contributed by atoms with van der Waals surface area (Å²) in [5.74, 6) is 0.216. The number of phenols is 1. The van der Waals surface area contributed by atoms with Gasteiger partial charge in [0.05, 0.1) is 0 Å². The zero-order valence-electron chi connectivity index (χ0n) is 15.6. The minimum Gasteiger partial charge on any atom is -0.508 e. The molecule has 2 aromatic rings. The predicted molar refractivity (Wildman–Crippen MR) is 107 cm³/mol. The summed E-state index contributed by atoms with van der Waals surface area (Å²) < 4.78 is 25.1. The van der Waals surface area contributed by atoms with E-state index >= 15 is 0 Å². The average molecular weight is 398 g/mol. The Kier molecular flexibility index (Phi) is 6.99. The molecule has 0 aliphatic rings. The van der Waals surface area contributed by atoms with Crippen LogP contribution in [-0.2, 0) is 27.5 Å². The monoisotopic (exact) mass is 397 g/mol. The molecule has 0 fully saturated rings. The van der Waals surface area contributed by atoms with Crippen LogP contribution in [0, 0.1) is 6.92 Å². The Hall–Kier alpha value is -1.25. The second kappa shape index (κ2) is 8.63. The van der Waals surface area contributed by atoms with E-state index < -0.39 is 17.5 Å². The van der Waals surface area contributed by atoms with Crippen LogP contribution in [0.4, 0.5) is 0 Å². The number of hydrogen-bond donors (Lipinski definition) is 3. The van der Waals surface area contributed by atoms with Crippen molar-refractivity contribution >= 4 is 22.7 Å². The van der Waals surface area contributed by atoms with E-state index in [2.05, 4.69) is 19.9 Å². The maximum absolute atomic E-state index is 11.0. The molecule has 144 valence electrons. The highest BCUT2D eigenvalue weighted by Gasteiger charge is 2.34. The maximum atomic E-state index is 11.0. The van der Waals surface area contributed by atoms with Gasteiger partial charge in [-0.05, 0) is 56.0 Å². The predicted octanol–water partition coefficient (Wildman–Crippen LogP) is 4.54. The van der Waals surface area contributed by atoms with Crippen LogP contribution in [0.3, 0.4) is 0 Å². The summed E-state index contributed by atoms with van der Waals surface area (Å²) in [6.45, 7) is 8.36. The molecule has 1 heterocycles. The van der Waals surface area contributed by atoms with Gasteiger partial charge in [0.1, 0.15) is 11.9 Å². The highest BCUT2D eigenvalue weighted by atomic mass is 32.2. The fourth-order valence-electron chi connectivity index (χ4n) is 3.50. The molecule has 0 saturated carbocycles. The number of benzene rings is 1. The second-order valence-corrected chi connectivity index (χ2v) is 8.16. The third-order valence-electron chi connectivity index (χ3n) is 5.08. The lowest BCUT2D eigenvalue weighted by Crippen LogP contribution is -2.25. The smallest absolute Gasteiger partial charge is 0.302 e. The van der Waals surface area contributed by atoms with Crippen molar-refractivity contribution in [2.45, 2.75) is 58.6 Å². The van der Waals surface area contributed by atoms with Crippen molar-refractivity contribution in [2.24, 2.45) is 5.73 Å². The standard InChI is InChI=1S/C19H27NO4S2/c1-5-19(6-2,15-7-8-16(21)14(10-15)11-20)17-9-12(3)18(25-17)13(4)24-26(22)23/h7-10,13,21H,5-6,11,20H2,1-4H3,(H,22,23). The van der Waals surface area contributed by atoms with Gasteiger partial charge < -0.3 is 10.8 Å². The number of aromatic hydroxyl groups is 1. The van der Waals surface area contributed by atoms with Gasteiger partial charge in [-0.3, -0.25) is 8.74 Å². The fraction of sp³-hybridized carbons (Fsp3) is 0.474. The van der Waals surface area contributed by atoms with Crippen LogP contribution in [0.2, 0.25) is 0 Å². The molecule has 0 radical (unpaired) electrons. The molecule has 1 aromatic carbocycles. The third-order valence-corrected chi connectivity index (χ3v) is 7.14. The van der Waals surface area contributed by atoms with Crippen LogP contribution in [0.25, 0.3) is 0 Å². The lowest BCUT2D eigenvalue weighted by atomic mass is 9.74. The second-order valence-electron chi connectivity index (χ2n) is 6.45. The van der Waals surface area contributed by atoms with Crippen LogP contribution in [0.15, 0.2) is 24.3 Å². The average Bonchev–Trinajstić information content (AvgIpc) is 2.99. The van der Waals surface area contributed by atoms with Crippen molar-refractivity contribution in [3.05, 3.63) is 50.7 Å². The summed E-state index contributed by atoms with van der Waals surface area (Å²) in [5.41, 5.74) is 8.47. The molecule has 5 nitrogen and oxygen atoms in total. The van der Waals surface area contributed by atoms with Gasteiger partial charge in [0, 0.05) is 27.3 Å². The lowest BCUT2D eigenvalue weighted by Gasteiger charge is -2.32. The van der Waals surface area contributed by atoms with E-state index in [1.807, 2.05) is 19.1 Å². The Morgan fingerprint density at radius 2 is 1.96 bits per heavy atom. The van der Waals surface area contributed by atoms with Crippen molar-refractivity contribution in [2.75, 3.05) is 0 Å². The molecular formula is C19H27NO4S2. The van der Waals surface area contributed by atoms with E-state index in [1.54, 1.807) is 24.3 Å². The summed E-state index contributed by atoms with van der Waals surface area (Å²) in [5, 5.41) is 9.98. The fourth-order valence-corrected chi connectivity index (χ4v) is 5.41. The maximum Gasteiger partial charge on any atom is 0.302 e. The van der Waals surface area contributed by atoms with Crippen molar-refractivity contribution in [3.8, 4) is 5.75 Å². The first-order valence-corrected chi connectivity index (χ1v) is 10.5. The Bertz CT molecular complexity index is 784. The number of rotatable bonds is 8. The Morgan fingerprint density at radius 1 is 1.31 bits per heavy atom. The lowest BCUT2D eigenvalue weighted by molar-refractivity contribution is 0.230. The van der Waals surface area contributed by atoms with E-state index in [9.17, 15) is 9.32 Å². The highest BCUT2D eigenvalue weighted by Crippen LogP contribution is 2.45. The van der Waals surface area contributed by atoms with Crippen LogP contribution in [-0.4, -0.2) is 13.9 Å². The number of aryl methyl sites for hydroxylation is 1. The Labute approximate surface area is 161 Å². The van der Waals surface area contributed by atoms with E-state index in [0.29, 0.717) is 0 Å². The minimum absolute atomic E-state index is 0.205. The molecule has 1 aromatic heterocycles. The summed E-state index contributed by atoms with van der Waals surface area (Å²) in [6, 6.07) is 7.79. The number of phenolic OH excluding ortho intramolecular Hbond substituents is 1. The van der Waals surface area contributed by atoms with Gasteiger partial charge in [-0.25, -0.2) is 0 Å². The van der Waals surface area contributed by atoms with E-state index in [0.717, 1.165) is 34.4 Å². The van der Waals surface area contributed by atoms with Crippen LogP contribution < -0.4 is 5.73 Å². The molecule has 0 aliphatic heterocycles. The summed E-state index contributed by atoms with van der Waals surface area (Å²) in [4.78, 5) is 2.13. The Balaban J connectivity index is 2.55. The molecule has 0 amide bonds. The first kappa shape index (κ1) is 21.1. The zero-order valence-corrected chi connectivity index (χ0v) is 17.2. The summed E-state index contributed by atoms with van der Waals surface area (Å²) in [7, 11) is 0. The SMILES string of the molecule is CCC(CC)(c1ccc(O)c(CN)c1)c1cc(C)c(C(C)OS(=O)O)s1. The summed E-state index contributed by atoms with van der Waals surface area (Å²) >= 11 is -0.684. The number of nitrogens with two attached hydrogens (primary N) is 1. The van der Waals surface area contributed by atoms with Gasteiger partial charge in [-0.2, -0.15) is 4.21 Å². The van der Waals surface area contributed by atoms with Gasteiger partial charge in [0.2, 0.25) is 0 Å². The molecule has 0 saturated heterocycles. The van der Waals surface area contributed by atoms with Crippen molar-refractivity contribution in [3.63, 3.8) is 0 Å². The van der Waals surface area contributed by atoms with Crippen LogP contribution >= 0.6 is 11.3 Å². The van der Waals surface area contributed by atoms with E-state index in [1.165, 1.54) is 4.88 Å². The molecule has 4 N–H and O–H groups in total. The van der Waals surface area contributed by atoms with Crippen LogP contribution in [0.1, 0.15) is 66.2 Å². The molecule has 2 rings (SSSR count). The highest BCUT2D eigenvalue weighted by molar-refractivity contribution is 7.74. The molecule has 7 heteroatoms. The van der Waals surface area contributed by atoms with Crippen molar-refractivity contribution in [1.82, 2.24) is 0 Å². The normalized spacial score (nSPS) is 14.4. The van der Waals surface area contributed by atoms with Crippen LogP contribution in [0.5, 0.6) is 5.75 Å². The summed E-state index contributed by atoms with van der Waals surface area (Å²) in [6.07, 6.45) is 1.32. The molecular weight excluding hydrogens is 370 g/mol. The molecule has 0 bridgehead atoms. The van der Waals surface area contributed by atoms with Crippen molar-refractivity contribution < 1.29 is 18.1 Å². The van der Waals surface area contributed by atoms with Gasteiger partial charge >= 0.3 is 11.4 Å². The zero-order chi connectivity index (χ0) is 19.5. The molecule has 2 unspecified atom stereocenters. The van der Waals surface area contributed by atoms with E-state index in [-0.39, 0.29) is 17.7 Å². The van der Waals surface area contributed by atoms with Gasteiger partial charge in [0.15, 0.2) is 0 Å². The molecule has 0 spiro atoms. The van der Waals surface area contributed by atoms with Crippen molar-refractivity contribution in [1.29, 1.82) is 0 Å². The van der Waals surface area contributed by atoms with E-state index in [4.69, 9.17) is 14.5 Å². The third kappa shape index (κ3) is 4.02. The molecule has 2 atom stereocenters. The first-order valence-electron chi connectivity index (χ1n) is 8.70. The minimum atomic E-state index is -2.30. The van der Waals surface area contributed by atoms with Gasteiger partial charge in [-0.15, -0.1) is 11.3 Å². The topological polar surface area (TPSA) is 92.8 Å². The Morgan fingerprint density at radius 3 is 2.50 bits per heavy atom. The van der Waals surface area contributed by atoms with Gasteiger partial charge in [-0.1, -0.05) is 19.9 Å². The molecule has 0 aliphatic carbocycles. The van der Waals surface area contributed by atoms with Gasteiger partial charge in [0.25, 0.3) is 0 Å². The number of hydrogen-bond acceptors (Lipinski definition) is 5. The first-order chi connectivity index (χ1) is 12.3. The number of thiophene rings is 1. The molecule has 26 heavy (non-hydrogen) atoms.